The molecule has 0 aliphatic rings. The third-order valence-electron chi connectivity index (χ3n) is 3.40. The maximum Gasteiger partial charge on any atom is 0.340 e. The van der Waals surface area contributed by atoms with Gasteiger partial charge in [-0.15, -0.1) is 11.8 Å². The van der Waals surface area contributed by atoms with E-state index in [1.807, 2.05) is 30.5 Å². The molecule has 0 aliphatic heterocycles. The quantitative estimate of drug-likeness (QED) is 0.483. The van der Waals surface area contributed by atoms with Crippen LogP contribution < -0.4 is 15.6 Å². The Morgan fingerprint density at radius 3 is 2.62 bits per heavy atom. The summed E-state index contributed by atoms with van der Waals surface area (Å²) in [4.78, 5) is 21.3. The predicted octanol–water partition coefficient (Wildman–Crippen LogP) is 2.76. The number of hydrazine groups is 1. The van der Waals surface area contributed by atoms with E-state index in [0.717, 1.165) is 10.5 Å². The predicted molar refractivity (Wildman–Crippen MR) is 97.6 cm³/mol. The highest BCUT2D eigenvalue weighted by atomic mass is 32.2. The molecule has 8 nitrogen and oxygen atoms in total. The smallest absolute Gasteiger partial charge is 0.340 e. The van der Waals surface area contributed by atoms with Crippen LogP contribution in [0.3, 0.4) is 0 Å². The van der Waals surface area contributed by atoms with E-state index in [4.69, 9.17) is 9.26 Å². The van der Waals surface area contributed by atoms with Crippen molar-refractivity contribution in [2.24, 2.45) is 0 Å². The Hall–Kier alpha value is -3.07. The Kier molecular flexibility index (Phi) is 5.69. The number of thioether (sulfide) groups is 1. The Balaban J connectivity index is 1.52. The SMILES string of the molecule is CSc1ccc(OC(C)C(=O)NNc2nc(-c3ccncc3)no2)cc1. The second-order valence-corrected chi connectivity index (χ2v) is 6.09. The zero-order chi connectivity index (χ0) is 18.4. The highest BCUT2D eigenvalue weighted by Gasteiger charge is 2.16. The molecule has 2 heterocycles. The van der Waals surface area contributed by atoms with E-state index < -0.39 is 6.10 Å². The average Bonchev–Trinajstić information content (AvgIpc) is 3.16. The fraction of sp³-hybridized carbons (Fsp3) is 0.176. The monoisotopic (exact) mass is 371 g/mol. The van der Waals surface area contributed by atoms with Crippen molar-refractivity contribution in [3.05, 3.63) is 48.8 Å². The molecule has 0 fully saturated rings. The molecule has 1 aromatic carbocycles. The first-order valence-electron chi connectivity index (χ1n) is 7.76. The first kappa shape index (κ1) is 17.7. The van der Waals surface area contributed by atoms with E-state index in [-0.39, 0.29) is 11.9 Å². The number of pyridine rings is 1. The molecule has 1 atom stereocenters. The lowest BCUT2D eigenvalue weighted by molar-refractivity contribution is -0.126. The van der Waals surface area contributed by atoms with Gasteiger partial charge in [-0.3, -0.25) is 15.2 Å². The van der Waals surface area contributed by atoms with E-state index in [1.54, 1.807) is 43.2 Å². The second kappa shape index (κ2) is 8.34. The molecule has 1 amide bonds. The van der Waals surface area contributed by atoms with E-state index in [1.165, 1.54) is 0 Å². The van der Waals surface area contributed by atoms with Crippen molar-refractivity contribution in [2.45, 2.75) is 17.9 Å². The number of nitrogens with one attached hydrogen (secondary N) is 2. The van der Waals surface area contributed by atoms with Crippen molar-refractivity contribution in [1.82, 2.24) is 20.6 Å². The molecule has 2 N–H and O–H groups in total. The van der Waals surface area contributed by atoms with Gasteiger partial charge >= 0.3 is 6.01 Å². The molecule has 26 heavy (non-hydrogen) atoms. The van der Waals surface area contributed by atoms with E-state index in [0.29, 0.717) is 11.6 Å². The van der Waals surface area contributed by atoms with E-state index in [2.05, 4.69) is 26.0 Å². The van der Waals surface area contributed by atoms with E-state index >= 15 is 0 Å². The minimum Gasteiger partial charge on any atom is -0.481 e. The summed E-state index contributed by atoms with van der Waals surface area (Å²) in [7, 11) is 0. The van der Waals surface area contributed by atoms with Crippen LogP contribution in [0.5, 0.6) is 5.75 Å². The van der Waals surface area contributed by atoms with Gasteiger partial charge in [0.2, 0.25) is 5.82 Å². The number of carbonyl (C=O) groups is 1. The molecule has 2 aromatic heterocycles. The van der Waals surface area contributed by atoms with Gasteiger partial charge in [-0.25, -0.2) is 5.43 Å². The van der Waals surface area contributed by atoms with Crippen molar-refractivity contribution >= 4 is 23.7 Å². The normalized spacial score (nSPS) is 11.6. The maximum atomic E-state index is 12.1. The van der Waals surface area contributed by atoms with Gasteiger partial charge in [-0.2, -0.15) is 4.98 Å². The van der Waals surface area contributed by atoms with Gasteiger partial charge in [0.1, 0.15) is 5.75 Å². The molecule has 0 aliphatic carbocycles. The zero-order valence-electron chi connectivity index (χ0n) is 14.2. The fourth-order valence-corrected chi connectivity index (χ4v) is 2.43. The molecule has 3 rings (SSSR count). The average molecular weight is 371 g/mol. The number of benzene rings is 1. The molecule has 0 bridgehead atoms. The van der Waals surface area contributed by atoms with Crippen LogP contribution in [0.15, 0.2) is 58.2 Å². The fourth-order valence-electron chi connectivity index (χ4n) is 2.02. The standard InChI is InChI=1S/C17H17N5O3S/c1-11(24-13-3-5-14(26-2)6-4-13)16(23)20-21-17-19-15(22-25-17)12-7-9-18-10-8-12/h3-11H,1-2H3,(H,20,23)(H,19,21,22). The lowest BCUT2D eigenvalue weighted by atomic mass is 10.3. The molecule has 3 aromatic rings. The first-order valence-corrected chi connectivity index (χ1v) is 8.99. The van der Waals surface area contributed by atoms with Crippen LogP contribution in [-0.2, 0) is 4.79 Å². The summed E-state index contributed by atoms with van der Waals surface area (Å²) in [6.45, 7) is 1.65. The van der Waals surface area contributed by atoms with Crippen molar-refractivity contribution in [2.75, 3.05) is 11.7 Å². The number of hydrogen-bond acceptors (Lipinski definition) is 8. The number of rotatable bonds is 7. The van der Waals surface area contributed by atoms with Gasteiger partial charge in [0.25, 0.3) is 5.91 Å². The van der Waals surface area contributed by atoms with Crippen LogP contribution in [0.4, 0.5) is 6.01 Å². The number of ether oxygens (including phenoxy) is 1. The minimum atomic E-state index is -0.704. The number of carbonyl (C=O) groups excluding carboxylic acids is 1. The highest BCUT2D eigenvalue weighted by Crippen LogP contribution is 2.20. The van der Waals surface area contributed by atoms with Gasteiger partial charge in [-0.1, -0.05) is 5.16 Å². The van der Waals surface area contributed by atoms with Gasteiger partial charge in [0.15, 0.2) is 6.10 Å². The lowest BCUT2D eigenvalue weighted by Gasteiger charge is -2.14. The molecule has 0 radical (unpaired) electrons. The molecular formula is C17H17N5O3S. The highest BCUT2D eigenvalue weighted by molar-refractivity contribution is 7.98. The molecule has 9 heteroatoms. The summed E-state index contributed by atoms with van der Waals surface area (Å²) in [5.74, 6) is 0.633. The molecule has 0 saturated heterocycles. The summed E-state index contributed by atoms with van der Waals surface area (Å²) >= 11 is 1.64. The Morgan fingerprint density at radius 1 is 1.19 bits per heavy atom. The maximum absolute atomic E-state index is 12.1. The van der Waals surface area contributed by atoms with Crippen LogP contribution in [-0.4, -0.2) is 33.4 Å². The van der Waals surface area contributed by atoms with Gasteiger partial charge in [0.05, 0.1) is 0 Å². The topological polar surface area (TPSA) is 102 Å². The van der Waals surface area contributed by atoms with Crippen LogP contribution in [0.25, 0.3) is 11.4 Å². The van der Waals surface area contributed by atoms with Crippen molar-refractivity contribution < 1.29 is 14.1 Å². The number of aromatic nitrogens is 3. The molecule has 0 spiro atoms. The molecule has 134 valence electrons. The molecule has 1 unspecified atom stereocenters. The van der Waals surface area contributed by atoms with Crippen LogP contribution in [0, 0.1) is 0 Å². The van der Waals surface area contributed by atoms with Crippen molar-refractivity contribution in [3.8, 4) is 17.1 Å². The van der Waals surface area contributed by atoms with E-state index in [9.17, 15) is 4.79 Å². The summed E-state index contributed by atoms with van der Waals surface area (Å²) in [5.41, 5.74) is 5.82. The Bertz CT molecular complexity index is 854. The van der Waals surface area contributed by atoms with Crippen LogP contribution in [0.1, 0.15) is 6.92 Å². The number of anilines is 1. The summed E-state index contributed by atoms with van der Waals surface area (Å²) < 4.78 is 10.6. The summed E-state index contributed by atoms with van der Waals surface area (Å²) in [6, 6.07) is 11.1. The van der Waals surface area contributed by atoms with Gasteiger partial charge < -0.3 is 9.26 Å². The second-order valence-electron chi connectivity index (χ2n) is 5.21. The van der Waals surface area contributed by atoms with Crippen LogP contribution in [0.2, 0.25) is 0 Å². The van der Waals surface area contributed by atoms with Gasteiger partial charge in [-0.05, 0) is 49.6 Å². The number of hydrogen-bond donors (Lipinski definition) is 2. The summed E-state index contributed by atoms with van der Waals surface area (Å²) in [6.07, 6.45) is 4.55. The third kappa shape index (κ3) is 4.51. The van der Waals surface area contributed by atoms with Crippen LogP contribution >= 0.6 is 11.8 Å². The molecule has 0 saturated carbocycles. The van der Waals surface area contributed by atoms with Gasteiger partial charge in [0, 0.05) is 22.9 Å². The van der Waals surface area contributed by atoms with Crippen molar-refractivity contribution in [1.29, 1.82) is 0 Å². The zero-order valence-corrected chi connectivity index (χ0v) is 15.0. The first-order chi connectivity index (χ1) is 12.7. The minimum absolute atomic E-state index is 0.0710. The Labute approximate surface area is 154 Å². The summed E-state index contributed by atoms with van der Waals surface area (Å²) in [5, 5.41) is 3.83. The third-order valence-corrected chi connectivity index (χ3v) is 4.14. The number of amides is 1. The molecular weight excluding hydrogens is 354 g/mol. The Morgan fingerprint density at radius 2 is 1.92 bits per heavy atom. The number of nitrogens with zero attached hydrogens (tertiary/aromatic N) is 3. The largest absolute Gasteiger partial charge is 0.481 e. The lowest BCUT2D eigenvalue weighted by Crippen LogP contribution is -2.39. The van der Waals surface area contributed by atoms with Crippen molar-refractivity contribution in [3.63, 3.8) is 0 Å².